The monoisotopic (exact) mass is 308 g/mol. The number of aromatic nitrogens is 1. The fourth-order valence-electron chi connectivity index (χ4n) is 3.94. The van der Waals surface area contributed by atoms with Crippen molar-refractivity contribution in [2.45, 2.75) is 58.4 Å². The first-order valence-corrected chi connectivity index (χ1v) is 8.34. The summed E-state index contributed by atoms with van der Waals surface area (Å²) in [5.41, 5.74) is 3.44. The van der Waals surface area contributed by atoms with Gasteiger partial charge in [-0.25, -0.2) is 0 Å². The van der Waals surface area contributed by atoms with E-state index in [9.17, 15) is 9.90 Å². The molecule has 5 heteroatoms. The zero-order chi connectivity index (χ0) is 15.9. The van der Waals surface area contributed by atoms with Crippen molar-refractivity contribution in [3.8, 4) is 0 Å². The molecule has 1 aliphatic heterocycles. The van der Waals surface area contributed by atoms with Crippen LogP contribution in [-0.2, 0) is 18.4 Å². The molecule has 23 heavy (non-hydrogen) atoms. The van der Waals surface area contributed by atoms with Crippen LogP contribution in [0.2, 0.25) is 0 Å². The quantitative estimate of drug-likeness (QED) is 0.666. The number of fused-ring (bicyclic) bond motifs is 1. The van der Waals surface area contributed by atoms with Crippen molar-refractivity contribution < 1.29 is 28.8 Å². The number of likely N-dealkylation sites (tertiary alicyclic amines) is 1. The summed E-state index contributed by atoms with van der Waals surface area (Å²) in [6, 6.07) is 1.74. The average Bonchev–Trinajstić information content (AvgIpc) is 2.75. The van der Waals surface area contributed by atoms with E-state index in [1.165, 1.54) is 18.4 Å². The summed E-state index contributed by atoms with van der Waals surface area (Å²) >= 11 is 0. The Kier molecular flexibility index (Phi) is 5.61. The van der Waals surface area contributed by atoms with Crippen molar-refractivity contribution in [2.24, 2.45) is 5.92 Å². The Morgan fingerprint density at radius 2 is 2.22 bits per heavy atom. The van der Waals surface area contributed by atoms with Crippen LogP contribution in [-0.4, -0.2) is 28.9 Å². The van der Waals surface area contributed by atoms with Crippen LogP contribution < -0.4 is 24.0 Å². The van der Waals surface area contributed by atoms with Gasteiger partial charge >= 0.3 is 18.9 Å². The molecule has 1 aromatic heterocycles. The maximum absolute atomic E-state index is 11.3. The molecule has 0 radical (unpaired) electrons. The summed E-state index contributed by atoms with van der Waals surface area (Å²) in [4.78, 5) is 18.2. The fourth-order valence-corrected chi connectivity index (χ4v) is 3.94. The normalized spacial score (nSPS) is 23.2. The Balaban J connectivity index is 0.00000192. The second-order valence-electron chi connectivity index (χ2n) is 7.65. The van der Waals surface area contributed by atoms with Gasteiger partial charge in [0.05, 0.1) is 17.4 Å². The second kappa shape index (κ2) is 6.97. The van der Waals surface area contributed by atoms with Crippen molar-refractivity contribution >= 4 is 5.97 Å². The van der Waals surface area contributed by atoms with Crippen LogP contribution in [0.3, 0.4) is 0 Å². The second-order valence-corrected chi connectivity index (χ2v) is 7.65. The van der Waals surface area contributed by atoms with E-state index >= 15 is 0 Å². The van der Waals surface area contributed by atoms with Crippen LogP contribution in [0, 0.1) is 5.92 Å². The standard InChI is InChI=1S/C18H26N2O2.Li/c1-12-5-4-8-20(10-12)11-13-9-15(17(21)22)19-16-14(13)6-7-18(16,2)3;/h9,12H,4-8,10-11H2,1-3H3,(H,21,22);/q;+1/p-1/t12-;/m0./s1. The number of carboxylic acid groups (broad SMARTS) is 1. The molecule has 120 valence electrons. The van der Waals surface area contributed by atoms with E-state index in [0.717, 1.165) is 49.7 Å². The number of hydrogen-bond acceptors (Lipinski definition) is 4. The third kappa shape index (κ3) is 3.82. The first-order valence-electron chi connectivity index (χ1n) is 8.34. The van der Waals surface area contributed by atoms with Crippen LogP contribution in [0.1, 0.15) is 67.3 Å². The van der Waals surface area contributed by atoms with E-state index in [2.05, 4.69) is 30.7 Å². The number of carbonyl (C=O) groups is 1. The first kappa shape index (κ1) is 18.5. The van der Waals surface area contributed by atoms with Crippen LogP contribution in [0.25, 0.3) is 0 Å². The minimum absolute atomic E-state index is 0. The molecule has 0 N–H and O–H groups in total. The van der Waals surface area contributed by atoms with Crippen molar-refractivity contribution in [2.75, 3.05) is 13.1 Å². The Hall–Kier alpha value is -0.823. The van der Waals surface area contributed by atoms with E-state index in [-0.39, 0.29) is 30.0 Å². The molecule has 1 saturated heterocycles. The summed E-state index contributed by atoms with van der Waals surface area (Å²) in [6.45, 7) is 9.63. The number of carbonyl (C=O) groups excluding carboxylic acids is 1. The van der Waals surface area contributed by atoms with Gasteiger partial charge in [-0.15, -0.1) is 0 Å². The van der Waals surface area contributed by atoms with Gasteiger partial charge in [-0.3, -0.25) is 9.88 Å². The van der Waals surface area contributed by atoms with E-state index in [1.54, 1.807) is 6.07 Å². The van der Waals surface area contributed by atoms with E-state index in [4.69, 9.17) is 0 Å². The number of nitrogens with zero attached hydrogens (tertiary/aromatic N) is 2. The molecular weight excluding hydrogens is 283 g/mol. The summed E-state index contributed by atoms with van der Waals surface area (Å²) in [5.74, 6) is -0.445. The minimum Gasteiger partial charge on any atom is -0.543 e. The van der Waals surface area contributed by atoms with Crippen LogP contribution in [0.15, 0.2) is 6.07 Å². The number of aromatic carboxylic acids is 1. The predicted octanol–water partition coefficient (Wildman–Crippen LogP) is -1.10. The average molecular weight is 308 g/mol. The molecule has 0 amide bonds. The minimum atomic E-state index is -1.17. The first-order chi connectivity index (χ1) is 10.4. The van der Waals surface area contributed by atoms with Gasteiger partial charge in [-0.2, -0.15) is 0 Å². The number of rotatable bonds is 3. The van der Waals surface area contributed by atoms with Crippen LogP contribution >= 0.6 is 0 Å². The molecule has 2 aliphatic rings. The predicted molar refractivity (Wildman–Crippen MR) is 83.6 cm³/mol. The molecule has 1 aliphatic carbocycles. The van der Waals surface area contributed by atoms with Gasteiger partial charge in [0.25, 0.3) is 0 Å². The number of carboxylic acids is 1. The van der Waals surface area contributed by atoms with Gasteiger partial charge in [0, 0.05) is 18.5 Å². The van der Waals surface area contributed by atoms with E-state index in [0.29, 0.717) is 0 Å². The van der Waals surface area contributed by atoms with Crippen LogP contribution in [0.4, 0.5) is 0 Å². The fraction of sp³-hybridized carbons (Fsp3) is 0.667. The molecule has 0 aromatic carbocycles. The van der Waals surface area contributed by atoms with E-state index in [1.807, 2.05) is 0 Å². The van der Waals surface area contributed by atoms with Gasteiger partial charge in [0.15, 0.2) is 0 Å². The molecule has 4 nitrogen and oxygen atoms in total. The summed E-state index contributed by atoms with van der Waals surface area (Å²) < 4.78 is 0. The molecule has 0 saturated carbocycles. The molecule has 0 spiro atoms. The largest absolute Gasteiger partial charge is 1.00 e. The molecule has 1 aromatic rings. The Labute approximate surface area is 150 Å². The van der Waals surface area contributed by atoms with Gasteiger partial charge in [0.1, 0.15) is 0 Å². The topological polar surface area (TPSA) is 56.3 Å². The van der Waals surface area contributed by atoms with Crippen molar-refractivity contribution in [1.29, 1.82) is 0 Å². The zero-order valence-corrected chi connectivity index (χ0v) is 14.8. The summed E-state index contributed by atoms with van der Waals surface area (Å²) in [7, 11) is 0. The van der Waals surface area contributed by atoms with Gasteiger partial charge < -0.3 is 9.90 Å². The number of piperidine rings is 1. The van der Waals surface area contributed by atoms with Gasteiger partial charge in [-0.05, 0) is 55.3 Å². The molecule has 3 rings (SSSR count). The molecule has 2 heterocycles. The molecule has 1 atom stereocenters. The molecule has 0 unspecified atom stereocenters. The summed E-state index contributed by atoms with van der Waals surface area (Å²) in [5, 5.41) is 11.3. The maximum atomic E-state index is 11.3. The van der Waals surface area contributed by atoms with E-state index < -0.39 is 5.97 Å². The SMILES string of the molecule is C[C@H]1CCCN(Cc2cc(C(=O)[O-])nc3c2CCC3(C)C)C1.[Li+]. The van der Waals surface area contributed by atoms with Crippen LogP contribution in [0.5, 0.6) is 0 Å². The third-order valence-corrected chi connectivity index (χ3v) is 5.20. The molecular formula is C18H25LiN2O2. The van der Waals surface area contributed by atoms with Gasteiger partial charge in [0.2, 0.25) is 0 Å². The Morgan fingerprint density at radius 1 is 1.48 bits per heavy atom. The molecule has 1 fully saturated rings. The third-order valence-electron chi connectivity index (χ3n) is 5.20. The zero-order valence-electron chi connectivity index (χ0n) is 14.8. The van der Waals surface area contributed by atoms with Crippen molar-refractivity contribution in [1.82, 2.24) is 9.88 Å². The molecule has 0 bridgehead atoms. The van der Waals surface area contributed by atoms with Gasteiger partial charge in [-0.1, -0.05) is 20.8 Å². The maximum Gasteiger partial charge on any atom is 1.00 e. The number of pyridine rings is 1. The van der Waals surface area contributed by atoms with Crippen molar-refractivity contribution in [3.63, 3.8) is 0 Å². The Bertz CT molecular complexity index is 601. The smallest absolute Gasteiger partial charge is 0.543 e. The van der Waals surface area contributed by atoms with Crippen molar-refractivity contribution in [3.05, 3.63) is 28.6 Å². The summed E-state index contributed by atoms with van der Waals surface area (Å²) in [6.07, 6.45) is 4.56. The Morgan fingerprint density at radius 3 is 2.87 bits per heavy atom. The number of hydrogen-bond donors (Lipinski definition) is 0.